The first-order chi connectivity index (χ1) is 9.15. The fourth-order valence-corrected chi connectivity index (χ4v) is 3.32. The maximum absolute atomic E-state index is 6.24. The van der Waals surface area contributed by atoms with Crippen molar-refractivity contribution in [1.82, 2.24) is 10.2 Å². The normalized spacial score (nSPS) is 18.7. The van der Waals surface area contributed by atoms with Crippen LogP contribution in [0.1, 0.15) is 31.7 Å². The minimum absolute atomic E-state index is 0.487. The molecule has 1 aromatic rings. The maximum Gasteiger partial charge on any atom is 0.0451 e. The predicted molar refractivity (Wildman–Crippen MR) is 82.6 cm³/mol. The minimum atomic E-state index is 0.487. The van der Waals surface area contributed by atoms with E-state index in [2.05, 4.69) is 36.3 Å². The van der Waals surface area contributed by atoms with Crippen molar-refractivity contribution in [2.75, 3.05) is 26.7 Å². The summed E-state index contributed by atoms with van der Waals surface area (Å²) in [6.45, 7) is 6.75. The lowest BCUT2D eigenvalue weighted by Crippen LogP contribution is -2.43. The zero-order chi connectivity index (χ0) is 13.7. The molecule has 1 N–H and O–H groups in total. The van der Waals surface area contributed by atoms with E-state index >= 15 is 0 Å². The van der Waals surface area contributed by atoms with Gasteiger partial charge in [0.2, 0.25) is 0 Å². The van der Waals surface area contributed by atoms with Gasteiger partial charge in [-0.15, -0.1) is 0 Å². The van der Waals surface area contributed by atoms with Gasteiger partial charge in [-0.1, -0.05) is 36.7 Å². The summed E-state index contributed by atoms with van der Waals surface area (Å²) in [7, 11) is 2.21. The molecule has 0 unspecified atom stereocenters. The lowest BCUT2D eigenvalue weighted by atomic mass is 9.76. The van der Waals surface area contributed by atoms with Crippen molar-refractivity contribution < 1.29 is 0 Å². The van der Waals surface area contributed by atoms with Crippen LogP contribution in [-0.2, 0) is 6.54 Å². The topological polar surface area (TPSA) is 15.3 Å². The second-order valence-corrected chi connectivity index (χ2v) is 6.27. The van der Waals surface area contributed by atoms with E-state index in [0.29, 0.717) is 5.41 Å². The Balaban J connectivity index is 1.96. The molecule has 2 rings (SSSR count). The Morgan fingerprint density at radius 1 is 1.26 bits per heavy atom. The van der Waals surface area contributed by atoms with Crippen molar-refractivity contribution in [3.63, 3.8) is 0 Å². The number of halogens is 1. The monoisotopic (exact) mass is 280 g/mol. The summed E-state index contributed by atoms with van der Waals surface area (Å²) in [5.74, 6) is 0. The van der Waals surface area contributed by atoms with Crippen molar-refractivity contribution in [2.24, 2.45) is 5.41 Å². The first-order valence-corrected chi connectivity index (χ1v) is 7.66. The number of rotatable bonds is 5. The molecule has 0 saturated carbocycles. The van der Waals surface area contributed by atoms with Gasteiger partial charge in [0.1, 0.15) is 0 Å². The van der Waals surface area contributed by atoms with Crippen LogP contribution >= 0.6 is 11.6 Å². The number of hydrogen-bond donors (Lipinski definition) is 1. The predicted octanol–water partition coefficient (Wildman–Crippen LogP) is 3.55. The van der Waals surface area contributed by atoms with Crippen molar-refractivity contribution in [3.8, 4) is 0 Å². The highest BCUT2D eigenvalue weighted by molar-refractivity contribution is 6.31. The Morgan fingerprint density at radius 3 is 2.58 bits per heavy atom. The van der Waals surface area contributed by atoms with Crippen molar-refractivity contribution in [3.05, 3.63) is 34.9 Å². The van der Waals surface area contributed by atoms with Crippen LogP contribution in [0, 0.1) is 5.41 Å². The molecule has 0 aliphatic carbocycles. The first-order valence-electron chi connectivity index (χ1n) is 7.28. The van der Waals surface area contributed by atoms with Crippen LogP contribution in [0.5, 0.6) is 0 Å². The Labute approximate surface area is 122 Å². The Kier molecular flexibility index (Phi) is 5.26. The summed E-state index contributed by atoms with van der Waals surface area (Å²) in [4.78, 5) is 2.43. The van der Waals surface area contributed by atoms with E-state index in [0.717, 1.165) is 31.2 Å². The molecule has 0 radical (unpaired) electrons. The number of nitrogens with one attached hydrogen (secondary N) is 1. The molecular formula is C16H25ClN2. The fraction of sp³-hybridized carbons (Fsp3) is 0.625. The molecular weight excluding hydrogens is 256 g/mol. The van der Waals surface area contributed by atoms with Gasteiger partial charge in [-0.2, -0.15) is 0 Å². The summed E-state index contributed by atoms with van der Waals surface area (Å²) in [6.07, 6.45) is 3.84. The van der Waals surface area contributed by atoms with Crippen LogP contribution in [0.3, 0.4) is 0 Å². The van der Waals surface area contributed by atoms with Crippen molar-refractivity contribution >= 4 is 11.6 Å². The molecule has 1 aromatic carbocycles. The van der Waals surface area contributed by atoms with E-state index in [-0.39, 0.29) is 0 Å². The standard InChI is InChI=1S/C16H25ClN2/c1-3-16(8-10-18-11-9-16)13-19(2)12-14-6-4-5-7-15(14)17/h4-7,18H,3,8-13H2,1-2H3. The number of piperidine rings is 1. The van der Waals surface area contributed by atoms with Crippen LogP contribution in [-0.4, -0.2) is 31.6 Å². The van der Waals surface area contributed by atoms with Gasteiger partial charge >= 0.3 is 0 Å². The zero-order valence-corrected chi connectivity index (χ0v) is 12.8. The molecule has 106 valence electrons. The summed E-state index contributed by atoms with van der Waals surface area (Å²) in [5.41, 5.74) is 1.72. The van der Waals surface area contributed by atoms with Crippen LogP contribution in [0.25, 0.3) is 0 Å². The van der Waals surface area contributed by atoms with Gasteiger partial charge in [0, 0.05) is 18.1 Å². The highest BCUT2D eigenvalue weighted by atomic mass is 35.5. The maximum atomic E-state index is 6.24. The van der Waals surface area contributed by atoms with E-state index in [1.807, 2.05) is 12.1 Å². The van der Waals surface area contributed by atoms with Gasteiger partial charge in [-0.3, -0.25) is 0 Å². The summed E-state index contributed by atoms with van der Waals surface area (Å²) in [5, 5.41) is 4.35. The molecule has 0 spiro atoms. The molecule has 1 fully saturated rings. The first kappa shape index (κ1) is 14.8. The lowest BCUT2D eigenvalue weighted by Gasteiger charge is -2.40. The minimum Gasteiger partial charge on any atom is -0.317 e. The molecule has 19 heavy (non-hydrogen) atoms. The molecule has 0 atom stereocenters. The average Bonchev–Trinajstić information content (AvgIpc) is 2.42. The van der Waals surface area contributed by atoms with Crippen LogP contribution in [0.2, 0.25) is 5.02 Å². The van der Waals surface area contributed by atoms with Crippen LogP contribution in [0.4, 0.5) is 0 Å². The molecule has 1 heterocycles. The fourth-order valence-electron chi connectivity index (χ4n) is 3.13. The molecule has 0 bridgehead atoms. The molecule has 1 aliphatic rings. The van der Waals surface area contributed by atoms with Crippen molar-refractivity contribution in [2.45, 2.75) is 32.7 Å². The second kappa shape index (κ2) is 6.74. The highest BCUT2D eigenvalue weighted by Crippen LogP contribution is 2.33. The van der Waals surface area contributed by atoms with Gasteiger partial charge in [0.15, 0.2) is 0 Å². The Hall–Kier alpha value is -0.570. The molecule has 1 saturated heterocycles. The number of benzene rings is 1. The Morgan fingerprint density at radius 2 is 1.95 bits per heavy atom. The lowest BCUT2D eigenvalue weighted by molar-refractivity contribution is 0.119. The summed E-state index contributed by atoms with van der Waals surface area (Å²) >= 11 is 6.24. The van der Waals surface area contributed by atoms with Gasteiger partial charge in [0.25, 0.3) is 0 Å². The van der Waals surface area contributed by atoms with Gasteiger partial charge in [-0.25, -0.2) is 0 Å². The molecule has 2 nitrogen and oxygen atoms in total. The molecule has 3 heteroatoms. The third kappa shape index (κ3) is 3.95. The quantitative estimate of drug-likeness (QED) is 0.887. The largest absolute Gasteiger partial charge is 0.317 e. The second-order valence-electron chi connectivity index (χ2n) is 5.87. The third-order valence-corrected chi connectivity index (χ3v) is 4.79. The van der Waals surface area contributed by atoms with E-state index in [9.17, 15) is 0 Å². The van der Waals surface area contributed by atoms with Gasteiger partial charge in [0.05, 0.1) is 0 Å². The van der Waals surface area contributed by atoms with Crippen LogP contribution in [0.15, 0.2) is 24.3 Å². The van der Waals surface area contributed by atoms with Crippen LogP contribution < -0.4 is 5.32 Å². The number of hydrogen-bond acceptors (Lipinski definition) is 2. The van der Waals surface area contributed by atoms with E-state index in [1.165, 1.54) is 24.8 Å². The Bertz CT molecular complexity index is 399. The molecule has 0 aromatic heterocycles. The van der Waals surface area contributed by atoms with Gasteiger partial charge < -0.3 is 10.2 Å². The number of nitrogens with zero attached hydrogens (tertiary/aromatic N) is 1. The highest BCUT2D eigenvalue weighted by Gasteiger charge is 2.31. The molecule has 0 amide bonds. The van der Waals surface area contributed by atoms with Gasteiger partial charge in [-0.05, 0) is 56.4 Å². The summed E-state index contributed by atoms with van der Waals surface area (Å²) in [6, 6.07) is 8.16. The van der Waals surface area contributed by atoms with E-state index in [1.54, 1.807) is 0 Å². The molecule has 1 aliphatic heterocycles. The average molecular weight is 281 g/mol. The summed E-state index contributed by atoms with van der Waals surface area (Å²) < 4.78 is 0. The smallest absolute Gasteiger partial charge is 0.0451 e. The van der Waals surface area contributed by atoms with E-state index in [4.69, 9.17) is 11.6 Å². The third-order valence-electron chi connectivity index (χ3n) is 4.42. The zero-order valence-electron chi connectivity index (χ0n) is 12.1. The van der Waals surface area contributed by atoms with Crippen molar-refractivity contribution in [1.29, 1.82) is 0 Å². The SMILES string of the molecule is CCC1(CN(C)Cc2ccccc2Cl)CCNCC1. The van der Waals surface area contributed by atoms with E-state index < -0.39 is 0 Å².